The molecule has 0 radical (unpaired) electrons. The van der Waals surface area contributed by atoms with Gasteiger partial charge in [0, 0.05) is 13.8 Å². The fraction of sp³-hybridized carbons (Fsp3) is 0.700. The molecule has 6 nitrogen and oxygen atoms in total. The van der Waals surface area contributed by atoms with Gasteiger partial charge < -0.3 is 14.2 Å². The van der Waals surface area contributed by atoms with Crippen LogP contribution in [0.15, 0.2) is 4.99 Å². The number of esters is 2. The topological polar surface area (TPSA) is 74.2 Å². The van der Waals surface area contributed by atoms with Crippen LogP contribution < -0.4 is 0 Å². The minimum Gasteiger partial charge on any atom is -0.456 e. The summed E-state index contributed by atoms with van der Waals surface area (Å²) in [5.74, 6) is -0.844. The van der Waals surface area contributed by atoms with Crippen molar-refractivity contribution in [2.75, 3.05) is 6.61 Å². The van der Waals surface area contributed by atoms with E-state index in [1.165, 1.54) is 25.6 Å². The summed E-state index contributed by atoms with van der Waals surface area (Å²) in [7, 11) is 0. The van der Waals surface area contributed by atoms with Gasteiger partial charge in [0.1, 0.15) is 11.5 Å². The number of aliphatic imine (C=N–C) groups is 1. The molecule has 2 rings (SSSR count). The van der Waals surface area contributed by atoms with Crippen molar-refractivity contribution in [3.05, 3.63) is 0 Å². The second kappa shape index (κ2) is 5.05. The summed E-state index contributed by atoms with van der Waals surface area (Å²) in [5, 5.41) is 0. The fourth-order valence-corrected chi connectivity index (χ4v) is 2.72. The summed E-state index contributed by atoms with van der Waals surface area (Å²) in [6.07, 6.45) is -1.16. The van der Waals surface area contributed by atoms with E-state index < -0.39 is 24.1 Å². The Morgan fingerprint density at radius 1 is 1.35 bits per heavy atom. The Labute approximate surface area is 103 Å². The second-order valence-corrected chi connectivity index (χ2v) is 4.75. The predicted molar refractivity (Wildman–Crippen MR) is 60.7 cm³/mol. The summed E-state index contributed by atoms with van der Waals surface area (Å²) in [5.41, 5.74) is 1.51. The van der Waals surface area contributed by atoms with Gasteiger partial charge >= 0.3 is 11.9 Å². The van der Waals surface area contributed by atoms with Crippen LogP contribution in [0.4, 0.5) is 0 Å². The normalized spacial score (nSPS) is 35.2. The van der Waals surface area contributed by atoms with Crippen LogP contribution in [0.3, 0.4) is 0 Å². The van der Waals surface area contributed by atoms with Gasteiger partial charge in [-0.15, -0.1) is 0 Å². The maximum Gasteiger partial charge on any atom is 0.303 e. The van der Waals surface area contributed by atoms with Crippen LogP contribution in [0, 0.1) is 0 Å². The maximum absolute atomic E-state index is 11.1. The molecule has 0 aliphatic carbocycles. The predicted octanol–water partition coefficient (Wildman–Crippen LogP) is 0.350. The van der Waals surface area contributed by atoms with Gasteiger partial charge in [0.25, 0.3) is 0 Å². The lowest BCUT2D eigenvalue weighted by Crippen LogP contribution is -2.53. The van der Waals surface area contributed by atoms with E-state index in [0.29, 0.717) is 0 Å². The lowest BCUT2D eigenvalue weighted by atomic mass is 10.0. The van der Waals surface area contributed by atoms with Crippen LogP contribution >= 0.6 is 11.8 Å². The Kier molecular flexibility index (Phi) is 3.68. The van der Waals surface area contributed by atoms with Gasteiger partial charge in [-0.2, -0.15) is 0 Å². The van der Waals surface area contributed by atoms with Crippen LogP contribution in [-0.4, -0.2) is 47.8 Å². The molecule has 0 bridgehead atoms. The molecule has 0 spiro atoms. The molecule has 0 aromatic carbocycles. The first kappa shape index (κ1) is 12.4. The molecule has 94 valence electrons. The van der Waals surface area contributed by atoms with E-state index in [1.54, 1.807) is 5.55 Å². The van der Waals surface area contributed by atoms with E-state index in [1.807, 2.05) is 0 Å². The second-order valence-electron chi connectivity index (χ2n) is 3.80. The Balaban J connectivity index is 2.11. The number of carbonyl (C=O) groups is 2. The molecule has 0 N–H and O–H groups in total. The Bertz CT molecular complexity index is 359. The highest BCUT2D eigenvalue weighted by Crippen LogP contribution is 2.33. The molecule has 7 heteroatoms. The van der Waals surface area contributed by atoms with Crippen LogP contribution in [0.25, 0.3) is 0 Å². The average Bonchev–Trinajstić information content (AvgIpc) is 2.68. The number of nitrogens with zero attached hydrogens (tertiary/aromatic N) is 1. The lowest BCUT2D eigenvalue weighted by molar-refractivity contribution is -0.184. The van der Waals surface area contributed by atoms with Gasteiger partial charge in [-0.3, -0.25) is 14.6 Å². The van der Waals surface area contributed by atoms with Crippen molar-refractivity contribution in [2.45, 2.75) is 37.5 Å². The van der Waals surface area contributed by atoms with E-state index in [0.717, 1.165) is 0 Å². The molecule has 4 atom stereocenters. The quantitative estimate of drug-likeness (QED) is 0.666. The van der Waals surface area contributed by atoms with Crippen molar-refractivity contribution in [3.8, 4) is 0 Å². The zero-order chi connectivity index (χ0) is 12.4. The molecule has 1 fully saturated rings. The number of hydrogen-bond acceptors (Lipinski definition) is 7. The van der Waals surface area contributed by atoms with E-state index in [-0.39, 0.29) is 18.1 Å². The Morgan fingerprint density at radius 3 is 2.71 bits per heavy atom. The van der Waals surface area contributed by atoms with Crippen molar-refractivity contribution in [2.24, 2.45) is 4.99 Å². The van der Waals surface area contributed by atoms with Crippen LogP contribution in [-0.2, 0) is 23.8 Å². The first-order chi connectivity index (χ1) is 8.08. The maximum atomic E-state index is 11.1. The number of ether oxygens (including phenoxy) is 3. The summed E-state index contributed by atoms with van der Waals surface area (Å²) in [4.78, 5) is 26.2. The van der Waals surface area contributed by atoms with Gasteiger partial charge in [-0.25, -0.2) is 0 Å². The minimum absolute atomic E-state index is 0.161. The molecule has 0 saturated carbocycles. The number of rotatable bonds is 2. The highest BCUT2D eigenvalue weighted by Gasteiger charge is 2.46. The van der Waals surface area contributed by atoms with Crippen LogP contribution in [0.5, 0.6) is 0 Å². The molecule has 2 heterocycles. The number of carbonyl (C=O) groups excluding carboxylic acids is 2. The van der Waals surface area contributed by atoms with Crippen molar-refractivity contribution >= 4 is 29.2 Å². The van der Waals surface area contributed by atoms with Gasteiger partial charge in [-0.1, -0.05) is 11.8 Å². The van der Waals surface area contributed by atoms with E-state index in [2.05, 4.69) is 4.99 Å². The largest absolute Gasteiger partial charge is 0.456 e. The summed E-state index contributed by atoms with van der Waals surface area (Å²) >= 11 is 1.43. The van der Waals surface area contributed by atoms with Crippen molar-refractivity contribution in [1.29, 1.82) is 0 Å². The molecule has 0 aromatic heterocycles. The SMILES string of the molecule is CC(=O)OC1COC2SC=NC2C1OC(C)=O. The number of thioether (sulfide) groups is 1. The number of hydrogen-bond donors (Lipinski definition) is 0. The molecule has 0 amide bonds. The molecule has 2 aliphatic rings. The third kappa shape index (κ3) is 2.78. The van der Waals surface area contributed by atoms with Gasteiger partial charge in [-0.05, 0) is 0 Å². The van der Waals surface area contributed by atoms with E-state index in [9.17, 15) is 9.59 Å². The van der Waals surface area contributed by atoms with E-state index in [4.69, 9.17) is 14.2 Å². The van der Waals surface area contributed by atoms with Gasteiger partial charge in [0.05, 0.1) is 12.2 Å². The van der Waals surface area contributed by atoms with Gasteiger partial charge in [0.15, 0.2) is 12.2 Å². The summed E-state index contributed by atoms with van der Waals surface area (Å²) in [6, 6.07) is -0.304. The first-order valence-corrected chi connectivity index (χ1v) is 6.15. The molecule has 2 aliphatic heterocycles. The lowest BCUT2D eigenvalue weighted by Gasteiger charge is -2.36. The minimum atomic E-state index is -0.589. The van der Waals surface area contributed by atoms with Crippen molar-refractivity contribution < 1.29 is 23.8 Å². The first-order valence-electron chi connectivity index (χ1n) is 5.21. The molecule has 4 unspecified atom stereocenters. The van der Waals surface area contributed by atoms with Crippen LogP contribution in [0.1, 0.15) is 13.8 Å². The molecular weight excluding hydrogens is 246 g/mol. The molecular formula is C10H13NO5S. The highest BCUT2D eigenvalue weighted by molar-refractivity contribution is 8.12. The number of fused-ring (bicyclic) bond motifs is 1. The summed E-state index contributed by atoms with van der Waals surface area (Å²) in [6.45, 7) is 2.85. The monoisotopic (exact) mass is 259 g/mol. The third-order valence-electron chi connectivity index (χ3n) is 2.45. The fourth-order valence-electron chi connectivity index (χ4n) is 1.85. The highest BCUT2D eigenvalue weighted by atomic mass is 32.2. The van der Waals surface area contributed by atoms with Crippen molar-refractivity contribution in [1.82, 2.24) is 0 Å². The molecule has 1 saturated heterocycles. The zero-order valence-corrected chi connectivity index (χ0v) is 10.3. The standard InChI is InChI=1S/C10H13NO5S/c1-5(12)15-7-3-14-10-8(11-4-17-10)9(7)16-6(2)13/h4,7-10H,3H2,1-2H3. The third-order valence-corrected chi connectivity index (χ3v) is 3.38. The Morgan fingerprint density at radius 2 is 2.06 bits per heavy atom. The zero-order valence-electron chi connectivity index (χ0n) is 9.49. The molecule has 17 heavy (non-hydrogen) atoms. The average molecular weight is 259 g/mol. The van der Waals surface area contributed by atoms with Crippen LogP contribution in [0.2, 0.25) is 0 Å². The Hall–Kier alpha value is -1.08. The van der Waals surface area contributed by atoms with Crippen molar-refractivity contribution in [3.63, 3.8) is 0 Å². The van der Waals surface area contributed by atoms with E-state index >= 15 is 0 Å². The molecule has 0 aromatic rings. The summed E-state index contributed by atoms with van der Waals surface area (Å²) < 4.78 is 15.8. The van der Waals surface area contributed by atoms with Gasteiger partial charge in [0.2, 0.25) is 0 Å². The smallest absolute Gasteiger partial charge is 0.303 e.